The van der Waals surface area contributed by atoms with Crippen LogP contribution in [0.15, 0.2) is 64.2 Å². The Morgan fingerprint density at radius 2 is 1.96 bits per heavy atom. The average molecular weight is 341 g/mol. The molecule has 0 saturated heterocycles. The van der Waals surface area contributed by atoms with Gasteiger partial charge in [-0.1, -0.05) is 30.3 Å². The van der Waals surface area contributed by atoms with Gasteiger partial charge in [-0.2, -0.15) is 11.3 Å². The van der Waals surface area contributed by atoms with Crippen LogP contribution in [0.25, 0.3) is 11.1 Å². The van der Waals surface area contributed by atoms with Gasteiger partial charge in [-0.15, -0.1) is 11.8 Å². The number of hydrogen-bond acceptors (Lipinski definition) is 4. The summed E-state index contributed by atoms with van der Waals surface area (Å²) in [5.41, 5.74) is 9.99. The lowest BCUT2D eigenvalue weighted by Crippen LogP contribution is -2.01. The van der Waals surface area contributed by atoms with Gasteiger partial charge >= 0.3 is 5.97 Å². The number of aromatic carboxylic acids is 1. The molecule has 3 nitrogen and oxygen atoms in total. The molecule has 5 heteroatoms. The molecule has 2 aromatic carbocycles. The zero-order valence-electron chi connectivity index (χ0n) is 12.2. The number of nitrogen functional groups attached to an aromatic ring is 1. The van der Waals surface area contributed by atoms with Gasteiger partial charge in [-0.05, 0) is 40.1 Å². The predicted octanol–water partition coefficient (Wildman–Crippen LogP) is 4.99. The number of hydrogen-bond donors (Lipinski definition) is 2. The lowest BCUT2D eigenvalue weighted by Gasteiger charge is -2.14. The zero-order valence-corrected chi connectivity index (χ0v) is 13.9. The molecule has 3 N–H and O–H groups in total. The van der Waals surface area contributed by atoms with Crippen molar-refractivity contribution < 1.29 is 9.90 Å². The van der Waals surface area contributed by atoms with Crippen LogP contribution in [0.1, 0.15) is 15.9 Å². The summed E-state index contributed by atoms with van der Waals surface area (Å²) < 4.78 is 0. The minimum atomic E-state index is -0.964. The van der Waals surface area contributed by atoms with Crippen molar-refractivity contribution >= 4 is 34.8 Å². The predicted molar refractivity (Wildman–Crippen MR) is 97.1 cm³/mol. The van der Waals surface area contributed by atoms with E-state index in [9.17, 15) is 9.90 Å². The SMILES string of the molecule is Nc1cc(C(=O)O)cc(SCc2ccsc2)c1-c1ccccc1. The Morgan fingerprint density at radius 1 is 1.17 bits per heavy atom. The summed E-state index contributed by atoms with van der Waals surface area (Å²) in [7, 11) is 0. The summed E-state index contributed by atoms with van der Waals surface area (Å²) >= 11 is 3.26. The topological polar surface area (TPSA) is 63.3 Å². The van der Waals surface area contributed by atoms with Gasteiger partial charge < -0.3 is 10.8 Å². The summed E-state index contributed by atoms with van der Waals surface area (Å²) in [6, 6.07) is 15.1. The Kier molecular flexibility index (Phi) is 4.69. The third-order valence-corrected chi connectivity index (χ3v) is 5.26. The van der Waals surface area contributed by atoms with Crippen LogP contribution in [0.2, 0.25) is 0 Å². The number of nitrogens with two attached hydrogens (primary N) is 1. The van der Waals surface area contributed by atoms with Crippen LogP contribution in [-0.2, 0) is 5.75 Å². The number of anilines is 1. The smallest absolute Gasteiger partial charge is 0.335 e. The maximum atomic E-state index is 11.3. The molecule has 1 aromatic heterocycles. The fourth-order valence-corrected chi connectivity index (χ4v) is 4.19. The van der Waals surface area contributed by atoms with Crippen LogP contribution in [-0.4, -0.2) is 11.1 Å². The van der Waals surface area contributed by atoms with Crippen LogP contribution >= 0.6 is 23.1 Å². The van der Waals surface area contributed by atoms with E-state index in [1.54, 1.807) is 29.2 Å². The van der Waals surface area contributed by atoms with Crippen molar-refractivity contribution in [3.8, 4) is 11.1 Å². The number of thiophene rings is 1. The largest absolute Gasteiger partial charge is 0.478 e. The molecule has 0 aliphatic rings. The summed E-state index contributed by atoms with van der Waals surface area (Å²) in [4.78, 5) is 12.2. The standard InChI is InChI=1S/C18H15NO2S2/c19-15-8-14(18(20)21)9-16(23-11-12-6-7-22-10-12)17(15)13-4-2-1-3-5-13/h1-10H,11,19H2,(H,20,21). The molecule has 0 radical (unpaired) electrons. The van der Waals surface area contributed by atoms with E-state index in [-0.39, 0.29) is 5.56 Å². The van der Waals surface area contributed by atoms with Crippen LogP contribution in [0.5, 0.6) is 0 Å². The fraction of sp³-hybridized carbons (Fsp3) is 0.0556. The number of thioether (sulfide) groups is 1. The third-order valence-electron chi connectivity index (χ3n) is 3.42. The Hall–Kier alpha value is -2.24. The molecule has 0 saturated carbocycles. The lowest BCUT2D eigenvalue weighted by atomic mass is 10.0. The molecule has 0 unspecified atom stereocenters. The highest BCUT2D eigenvalue weighted by Gasteiger charge is 2.15. The van der Waals surface area contributed by atoms with Gasteiger partial charge in [0, 0.05) is 21.9 Å². The number of carboxylic acids is 1. The number of rotatable bonds is 5. The molecule has 0 aliphatic carbocycles. The summed E-state index contributed by atoms with van der Waals surface area (Å²) in [6.45, 7) is 0. The molecule has 0 amide bonds. The van der Waals surface area contributed by atoms with Crippen molar-refractivity contribution in [2.45, 2.75) is 10.6 Å². The molecule has 116 valence electrons. The second-order valence-corrected chi connectivity index (χ2v) is 6.83. The first-order valence-electron chi connectivity index (χ1n) is 7.01. The van der Waals surface area contributed by atoms with Crippen molar-refractivity contribution in [3.63, 3.8) is 0 Å². The van der Waals surface area contributed by atoms with Gasteiger partial charge in [0.1, 0.15) is 0 Å². The molecule has 3 aromatic rings. The van der Waals surface area contributed by atoms with Gasteiger partial charge in [0.15, 0.2) is 0 Å². The van der Waals surface area contributed by atoms with E-state index in [0.29, 0.717) is 5.69 Å². The van der Waals surface area contributed by atoms with Crippen molar-refractivity contribution in [3.05, 3.63) is 70.4 Å². The number of carboxylic acid groups (broad SMARTS) is 1. The molecule has 0 bridgehead atoms. The maximum absolute atomic E-state index is 11.3. The Morgan fingerprint density at radius 3 is 2.61 bits per heavy atom. The van der Waals surface area contributed by atoms with Crippen molar-refractivity contribution in [2.75, 3.05) is 5.73 Å². The zero-order chi connectivity index (χ0) is 16.2. The molecule has 0 aliphatic heterocycles. The second kappa shape index (κ2) is 6.89. The van der Waals surface area contributed by atoms with E-state index in [4.69, 9.17) is 5.73 Å². The quantitative estimate of drug-likeness (QED) is 0.507. The first kappa shape index (κ1) is 15.6. The number of carbonyl (C=O) groups is 1. The van der Waals surface area contributed by atoms with E-state index in [0.717, 1.165) is 21.8 Å². The summed E-state index contributed by atoms with van der Waals surface area (Å²) in [6.07, 6.45) is 0. The van der Waals surface area contributed by atoms with Crippen LogP contribution < -0.4 is 5.73 Å². The third kappa shape index (κ3) is 3.57. The molecule has 23 heavy (non-hydrogen) atoms. The fourth-order valence-electron chi connectivity index (χ4n) is 2.32. The molecule has 0 spiro atoms. The van der Waals surface area contributed by atoms with E-state index < -0.39 is 5.97 Å². The molecular weight excluding hydrogens is 326 g/mol. The Bertz CT molecular complexity index is 815. The van der Waals surface area contributed by atoms with Crippen LogP contribution in [0, 0.1) is 0 Å². The highest BCUT2D eigenvalue weighted by Crippen LogP contribution is 2.38. The highest BCUT2D eigenvalue weighted by atomic mass is 32.2. The molecule has 3 rings (SSSR count). The van der Waals surface area contributed by atoms with E-state index >= 15 is 0 Å². The van der Waals surface area contributed by atoms with E-state index in [1.165, 1.54) is 11.6 Å². The minimum Gasteiger partial charge on any atom is -0.478 e. The molecule has 0 atom stereocenters. The van der Waals surface area contributed by atoms with Crippen LogP contribution in [0.4, 0.5) is 5.69 Å². The number of benzene rings is 2. The lowest BCUT2D eigenvalue weighted by molar-refractivity contribution is 0.0696. The second-order valence-electron chi connectivity index (χ2n) is 5.03. The van der Waals surface area contributed by atoms with Crippen molar-refractivity contribution in [1.82, 2.24) is 0 Å². The Labute approximate surface area is 142 Å². The van der Waals surface area contributed by atoms with Gasteiger partial charge in [0.2, 0.25) is 0 Å². The van der Waals surface area contributed by atoms with Crippen LogP contribution in [0.3, 0.4) is 0 Å². The highest BCUT2D eigenvalue weighted by molar-refractivity contribution is 7.98. The van der Waals surface area contributed by atoms with Gasteiger partial charge in [-0.25, -0.2) is 4.79 Å². The Balaban J connectivity index is 2.04. The van der Waals surface area contributed by atoms with Gasteiger partial charge in [-0.3, -0.25) is 0 Å². The van der Waals surface area contributed by atoms with Gasteiger partial charge in [0.25, 0.3) is 0 Å². The summed E-state index contributed by atoms with van der Waals surface area (Å²) in [5, 5.41) is 13.4. The average Bonchev–Trinajstić information content (AvgIpc) is 3.06. The maximum Gasteiger partial charge on any atom is 0.335 e. The van der Waals surface area contributed by atoms with Gasteiger partial charge in [0.05, 0.1) is 5.56 Å². The first-order chi connectivity index (χ1) is 11.1. The summed E-state index contributed by atoms with van der Waals surface area (Å²) in [5.74, 6) is -0.181. The van der Waals surface area contributed by atoms with Crippen molar-refractivity contribution in [2.24, 2.45) is 0 Å². The molecular formula is C18H15NO2S2. The minimum absolute atomic E-state index is 0.218. The van der Waals surface area contributed by atoms with E-state index in [1.807, 2.05) is 35.7 Å². The van der Waals surface area contributed by atoms with Crippen molar-refractivity contribution in [1.29, 1.82) is 0 Å². The monoisotopic (exact) mass is 341 g/mol. The molecule has 1 heterocycles. The van der Waals surface area contributed by atoms with E-state index in [2.05, 4.69) is 11.4 Å². The molecule has 0 fully saturated rings. The normalized spacial score (nSPS) is 10.6. The first-order valence-corrected chi connectivity index (χ1v) is 8.94.